The largest absolute Gasteiger partial charge is 0.491 e. The highest BCUT2D eigenvalue weighted by atomic mass is 35.5. The number of nitrogens with one attached hydrogen (secondary N) is 1. The fourth-order valence-electron chi connectivity index (χ4n) is 3.49. The van der Waals surface area contributed by atoms with Crippen molar-refractivity contribution in [3.05, 3.63) is 52.1 Å². The standard InChI is InChI=1S/C23H25Cl2N3O4/c1-3-32-19-12-15(11-18(25)22(19)31-2)6-9-21(29)28-10-4-5-16(14-28)23(30)27-20-8-7-17(24)13-26-20/h6-9,11-13,16H,3-5,10,14H2,1-2H3,(H,26,27,30). The van der Waals surface area contributed by atoms with Gasteiger partial charge in [0.2, 0.25) is 11.8 Å². The molecular weight excluding hydrogens is 453 g/mol. The van der Waals surface area contributed by atoms with Gasteiger partial charge in [-0.3, -0.25) is 9.59 Å². The number of rotatable bonds is 7. The van der Waals surface area contributed by atoms with Gasteiger partial charge in [0, 0.05) is 25.4 Å². The maximum atomic E-state index is 12.7. The topological polar surface area (TPSA) is 80.8 Å². The van der Waals surface area contributed by atoms with E-state index in [1.165, 1.54) is 19.4 Å². The third-order valence-electron chi connectivity index (χ3n) is 5.04. The van der Waals surface area contributed by atoms with Gasteiger partial charge in [-0.2, -0.15) is 0 Å². The van der Waals surface area contributed by atoms with Crippen molar-refractivity contribution < 1.29 is 19.1 Å². The van der Waals surface area contributed by atoms with Gasteiger partial charge < -0.3 is 19.7 Å². The van der Waals surface area contributed by atoms with E-state index < -0.39 is 0 Å². The highest BCUT2D eigenvalue weighted by Gasteiger charge is 2.28. The molecule has 170 valence electrons. The Bertz CT molecular complexity index is 995. The molecule has 2 amide bonds. The molecule has 9 heteroatoms. The minimum absolute atomic E-state index is 0.162. The van der Waals surface area contributed by atoms with Crippen LogP contribution in [0.3, 0.4) is 0 Å². The van der Waals surface area contributed by atoms with Gasteiger partial charge in [0.25, 0.3) is 0 Å². The number of carbonyl (C=O) groups excluding carboxylic acids is 2. The number of halogens is 2. The number of hydrogen-bond acceptors (Lipinski definition) is 5. The number of pyridine rings is 1. The van der Waals surface area contributed by atoms with Crippen molar-refractivity contribution in [3.63, 3.8) is 0 Å². The number of aromatic nitrogens is 1. The fourth-order valence-corrected chi connectivity index (χ4v) is 3.90. The second kappa shape index (κ2) is 11.2. The lowest BCUT2D eigenvalue weighted by Gasteiger charge is -2.31. The van der Waals surface area contributed by atoms with E-state index in [1.54, 1.807) is 35.2 Å². The molecule has 7 nitrogen and oxygen atoms in total. The molecule has 3 rings (SSSR count). The Morgan fingerprint density at radius 1 is 1.31 bits per heavy atom. The molecule has 2 heterocycles. The van der Waals surface area contributed by atoms with E-state index in [9.17, 15) is 9.59 Å². The average molecular weight is 478 g/mol. The first-order valence-electron chi connectivity index (χ1n) is 10.3. The van der Waals surface area contributed by atoms with E-state index in [0.29, 0.717) is 59.0 Å². The molecule has 1 unspecified atom stereocenters. The van der Waals surface area contributed by atoms with Crippen molar-refractivity contribution in [2.45, 2.75) is 19.8 Å². The second-order valence-electron chi connectivity index (χ2n) is 7.27. The van der Waals surface area contributed by atoms with Crippen molar-refractivity contribution in [1.82, 2.24) is 9.88 Å². The van der Waals surface area contributed by atoms with Crippen LogP contribution in [0.1, 0.15) is 25.3 Å². The van der Waals surface area contributed by atoms with Crippen LogP contribution >= 0.6 is 23.2 Å². The highest BCUT2D eigenvalue weighted by Crippen LogP contribution is 2.36. The lowest BCUT2D eigenvalue weighted by molar-refractivity contribution is -0.130. The summed E-state index contributed by atoms with van der Waals surface area (Å²) in [7, 11) is 1.52. The molecule has 0 saturated carbocycles. The summed E-state index contributed by atoms with van der Waals surface area (Å²) in [5.74, 6) is 0.765. The maximum Gasteiger partial charge on any atom is 0.246 e. The third-order valence-corrected chi connectivity index (χ3v) is 5.54. The molecule has 1 atom stereocenters. The van der Waals surface area contributed by atoms with Crippen LogP contribution < -0.4 is 14.8 Å². The Labute approximate surface area is 197 Å². The zero-order valence-electron chi connectivity index (χ0n) is 17.9. The van der Waals surface area contributed by atoms with Crippen LogP contribution in [0.25, 0.3) is 6.08 Å². The van der Waals surface area contributed by atoms with Gasteiger partial charge >= 0.3 is 0 Å². The first-order chi connectivity index (χ1) is 15.4. The van der Waals surface area contributed by atoms with E-state index in [0.717, 1.165) is 6.42 Å². The summed E-state index contributed by atoms with van der Waals surface area (Å²) < 4.78 is 10.9. The molecule has 1 aliphatic rings. The molecule has 1 aliphatic heterocycles. The van der Waals surface area contributed by atoms with Gasteiger partial charge in [-0.15, -0.1) is 0 Å². The van der Waals surface area contributed by atoms with E-state index in [4.69, 9.17) is 32.7 Å². The summed E-state index contributed by atoms with van der Waals surface area (Å²) in [6, 6.07) is 6.78. The van der Waals surface area contributed by atoms with Gasteiger partial charge in [0.1, 0.15) is 5.82 Å². The van der Waals surface area contributed by atoms with Crippen LogP contribution in [0.2, 0.25) is 10.0 Å². The number of likely N-dealkylation sites (tertiary alicyclic amines) is 1. The third kappa shape index (κ3) is 6.14. The average Bonchev–Trinajstić information content (AvgIpc) is 2.79. The number of methoxy groups -OCH3 is 1. The number of benzene rings is 1. The van der Waals surface area contributed by atoms with Crippen LogP contribution in [0, 0.1) is 5.92 Å². The fraction of sp³-hybridized carbons (Fsp3) is 0.348. The predicted molar refractivity (Wildman–Crippen MR) is 125 cm³/mol. The molecule has 0 radical (unpaired) electrons. The van der Waals surface area contributed by atoms with Crippen LogP contribution in [0.4, 0.5) is 5.82 Å². The zero-order valence-corrected chi connectivity index (χ0v) is 19.4. The molecule has 1 N–H and O–H groups in total. The maximum absolute atomic E-state index is 12.7. The summed E-state index contributed by atoms with van der Waals surface area (Å²) >= 11 is 12.1. The highest BCUT2D eigenvalue weighted by molar-refractivity contribution is 6.32. The van der Waals surface area contributed by atoms with E-state index in [2.05, 4.69) is 10.3 Å². The summed E-state index contributed by atoms with van der Waals surface area (Å²) in [4.78, 5) is 31.1. The number of amides is 2. The van der Waals surface area contributed by atoms with E-state index >= 15 is 0 Å². The normalized spacial score (nSPS) is 16.1. The number of nitrogens with zero attached hydrogens (tertiary/aromatic N) is 2. The molecule has 0 spiro atoms. The Balaban J connectivity index is 1.64. The van der Waals surface area contributed by atoms with Crippen molar-refractivity contribution in [1.29, 1.82) is 0 Å². The summed E-state index contributed by atoms with van der Waals surface area (Å²) in [5.41, 5.74) is 0.715. The predicted octanol–water partition coefficient (Wildman–Crippen LogP) is 4.69. The number of piperidine rings is 1. The molecule has 1 saturated heterocycles. The monoisotopic (exact) mass is 477 g/mol. The summed E-state index contributed by atoms with van der Waals surface area (Å²) in [6.45, 7) is 3.27. The van der Waals surface area contributed by atoms with Crippen LogP contribution in [0.15, 0.2) is 36.5 Å². The van der Waals surface area contributed by atoms with E-state index in [-0.39, 0.29) is 17.7 Å². The Kier molecular flexibility index (Phi) is 8.36. The molecule has 1 aromatic carbocycles. The van der Waals surface area contributed by atoms with Crippen molar-refractivity contribution in [3.8, 4) is 11.5 Å². The van der Waals surface area contributed by atoms with Crippen molar-refractivity contribution in [2.24, 2.45) is 5.92 Å². The first-order valence-corrected chi connectivity index (χ1v) is 11.1. The Hall–Kier alpha value is -2.77. The minimum atomic E-state index is -0.307. The molecular formula is C23H25Cl2N3O4. The molecule has 0 bridgehead atoms. The Morgan fingerprint density at radius 2 is 2.12 bits per heavy atom. The van der Waals surface area contributed by atoms with Crippen LogP contribution in [-0.4, -0.2) is 48.5 Å². The van der Waals surface area contributed by atoms with Gasteiger partial charge in [-0.25, -0.2) is 4.98 Å². The van der Waals surface area contributed by atoms with Gasteiger partial charge in [-0.1, -0.05) is 23.2 Å². The summed E-state index contributed by atoms with van der Waals surface area (Å²) in [6.07, 6.45) is 6.08. The second-order valence-corrected chi connectivity index (χ2v) is 8.12. The lowest BCUT2D eigenvalue weighted by atomic mass is 9.97. The molecule has 32 heavy (non-hydrogen) atoms. The van der Waals surface area contributed by atoms with Crippen molar-refractivity contribution >= 4 is 46.9 Å². The van der Waals surface area contributed by atoms with Crippen LogP contribution in [-0.2, 0) is 9.59 Å². The number of hydrogen-bond donors (Lipinski definition) is 1. The lowest BCUT2D eigenvalue weighted by Crippen LogP contribution is -2.43. The van der Waals surface area contributed by atoms with Crippen molar-refractivity contribution in [2.75, 3.05) is 32.1 Å². The number of anilines is 1. The zero-order chi connectivity index (χ0) is 23.1. The molecule has 2 aromatic rings. The Morgan fingerprint density at radius 3 is 2.81 bits per heavy atom. The molecule has 1 aromatic heterocycles. The molecule has 1 fully saturated rings. The smallest absolute Gasteiger partial charge is 0.246 e. The quantitative estimate of drug-likeness (QED) is 0.585. The minimum Gasteiger partial charge on any atom is -0.491 e. The van der Waals surface area contributed by atoms with Gasteiger partial charge in [0.05, 0.1) is 29.7 Å². The first kappa shape index (κ1) is 23.9. The van der Waals surface area contributed by atoms with E-state index in [1.807, 2.05) is 6.92 Å². The molecule has 0 aliphatic carbocycles. The summed E-state index contributed by atoms with van der Waals surface area (Å²) in [5, 5.41) is 3.68. The van der Waals surface area contributed by atoms with Gasteiger partial charge in [0.15, 0.2) is 11.5 Å². The number of carbonyl (C=O) groups is 2. The van der Waals surface area contributed by atoms with Crippen LogP contribution in [0.5, 0.6) is 11.5 Å². The SMILES string of the molecule is CCOc1cc(C=CC(=O)N2CCCC(C(=O)Nc3ccc(Cl)cn3)C2)cc(Cl)c1OC. The number of ether oxygens (including phenoxy) is 2. The van der Waals surface area contributed by atoms with Gasteiger partial charge in [-0.05, 0) is 55.7 Å².